The monoisotopic (exact) mass is 337 g/mol. The summed E-state index contributed by atoms with van der Waals surface area (Å²) in [4.78, 5) is 23.7. The Morgan fingerprint density at radius 1 is 1.08 bits per heavy atom. The number of nitrogens with zero attached hydrogens (tertiary/aromatic N) is 1. The van der Waals surface area contributed by atoms with Crippen molar-refractivity contribution in [1.29, 1.82) is 0 Å². The van der Waals surface area contributed by atoms with Gasteiger partial charge in [0.25, 0.3) is 0 Å². The van der Waals surface area contributed by atoms with Crippen LogP contribution in [0.1, 0.15) is 42.9 Å². The maximum absolute atomic E-state index is 11.9. The van der Waals surface area contributed by atoms with Crippen molar-refractivity contribution >= 4 is 23.7 Å². The number of anilines is 1. The number of carbonyl (C=O) groups excluding carboxylic acids is 2. The Balaban J connectivity index is 1.85. The first-order valence-corrected chi connectivity index (χ1v) is 8.23. The molecular formula is C20H23N3O2. The summed E-state index contributed by atoms with van der Waals surface area (Å²) >= 11 is 0. The van der Waals surface area contributed by atoms with Crippen molar-refractivity contribution in [2.75, 3.05) is 5.32 Å². The lowest BCUT2D eigenvalue weighted by atomic mass is 10.0. The van der Waals surface area contributed by atoms with E-state index >= 15 is 0 Å². The number of hydrogen-bond acceptors (Lipinski definition) is 3. The smallest absolute Gasteiger partial charge is 0.249 e. The molecule has 2 aromatic rings. The first-order chi connectivity index (χ1) is 12.0. The van der Waals surface area contributed by atoms with E-state index in [2.05, 4.69) is 35.8 Å². The Labute approximate surface area is 148 Å². The summed E-state index contributed by atoms with van der Waals surface area (Å²) in [6, 6.07) is 15.3. The van der Waals surface area contributed by atoms with E-state index in [-0.39, 0.29) is 12.3 Å². The molecule has 2 amide bonds. The third kappa shape index (κ3) is 5.88. The molecule has 0 heterocycles. The molecule has 0 aliphatic rings. The first kappa shape index (κ1) is 18.4. The fraction of sp³-hybridized carbons (Fsp3) is 0.250. The molecule has 0 aromatic heterocycles. The second-order valence-electron chi connectivity index (χ2n) is 6.16. The van der Waals surface area contributed by atoms with Gasteiger partial charge in [-0.3, -0.25) is 9.59 Å². The van der Waals surface area contributed by atoms with Gasteiger partial charge in [-0.25, -0.2) is 5.43 Å². The molecule has 0 aliphatic carbocycles. The second kappa shape index (κ2) is 8.78. The standard InChI is InChI=1S/C20H23N3O2/c1-14(2)17-9-6-8-16(11-17)13-21-23-20(25)12-19(24)22-18-10-5-4-7-15(18)3/h4-11,13-14H,12H2,1-3H3,(H,22,24)(H,23,25)/b21-13+. The largest absolute Gasteiger partial charge is 0.325 e. The number of carbonyl (C=O) groups is 2. The number of aryl methyl sites for hydroxylation is 1. The van der Waals surface area contributed by atoms with Gasteiger partial charge in [0, 0.05) is 5.69 Å². The minimum atomic E-state index is -0.456. The molecule has 2 aromatic carbocycles. The Morgan fingerprint density at radius 2 is 1.84 bits per heavy atom. The number of rotatable bonds is 6. The van der Waals surface area contributed by atoms with Gasteiger partial charge in [-0.05, 0) is 41.7 Å². The van der Waals surface area contributed by atoms with E-state index in [0.29, 0.717) is 11.6 Å². The molecule has 2 N–H and O–H groups in total. The van der Waals surface area contributed by atoms with Gasteiger partial charge in [-0.2, -0.15) is 5.10 Å². The van der Waals surface area contributed by atoms with Gasteiger partial charge in [0.1, 0.15) is 6.42 Å². The summed E-state index contributed by atoms with van der Waals surface area (Å²) in [7, 11) is 0. The van der Waals surface area contributed by atoms with Gasteiger partial charge in [0.15, 0.2) is 0 Å². The molecule has 0 bridgehead atoms. The molecule has 2 rings (SSSR count). The van der Waals surface area contributed by atoms with Gasteiger partial charge in [0.2, 0.25) is 11.8 Å². The van der Waals surface area contributed by atoms with E-state index in [1.165, 1.54) is 5.56 Å². The summed E-state index contributed by atoms with van der Waals surface area (Å²) in [5, 5.41) is 6.63. The molecule has 0 saturated carbocycles. The third-order valence-electron chi connectivity index (χ3n) is 3.72. The van der Waals surface area contributed by atoms with Crippen LogP contribution >= 0.6 is 0 Å². The number of hydrazone groups is 1. The molecular weight excluding hydrogens is 314 g/mol. The summed E-state index contributed by atoms with van der Waals surface area (Å²) in [5.41, 5.74) is 6.13. The maximum Gasteiger partial charge on any atom is 0.249 e. The lowest BCUT2D eigenvalue weighted by Gasteiger charge is -2.07. The van der Waals surface area contributed by atoms with E-state index in [0.717, 1.165) is 11.1 Å². The Bertz CT molecular complexity index is 782. The van der Waals surface area contributed by atoms with Crippen molar-refractivity contribution in [2.24, 2.45) is 5.10 Å². The highest BCUT2D eigenvalue weighted by Gasteiger charge is 2.09. The van der Waals surface area contributed by atoms with Crippen LogP contribution in [-0.2, 0) is 9.59 Å². The Morgan fingerprint density at radius 3 is 2.56 bits per heavy atom. The zero-order valence-corrected chi connectivity index (χ0v) is 14.7. The molecule has 5 nitrogen and oxygen atoms in total. The molecule has 0 radical (unpaired) electrons. The summed E-state index contributed by atoms with van der Waals surface area (Å²) in [6.45, 7) is 6.13. The lowest BCUT2D eigenvalue weighted by molar-refractivity contribution is -0.126. The van der Waals surface area contributed by atoms with Crippen LogP contribution in [0.2, 0.25) is 0 Å². The zero-order chi connectivity index (χ0) is 18.2. The predicted octanol–water partition coefficient (Wildman–Crippen LogP) is 3.60. The zero-order valence-electron chi connectivity index (χ0n) is 14.7. The van der Waals surface area contributed by atoms with Crippen molar-refractivity contribution in [3.8, 4) is 0 Å². The molecule has 130 valence electrons. The van der Waals surface area contributed by atoms with Crippen LogP contribution in [0.5, 0.6) is 0 Å². The Hall–Kier alpha value is -2.95. The van der Waals surface area contributed by atoms with E-state index in [1.807, 2.05) is 43.3 Å². The molecule has 5 heteroatoms. The lowest BCUT2D eigenvalue weighted by Crippen LogP contribution is -2.24. The maximum atomic E-state index is 11.9. The average molecular weight is 337 g/mol. The van der Waals surface area contributed by atoms with E-state index < -0.39 is 5.91 Å². The molecule has 0 fully saturated rings. The molecule has 0 unspecified atom stereocenters. The topological polar surface area (TPSA) is 70.6 Å². The van der Waals surface area contributed by atoms with Crippen LogP contribution in [0.25, 0.3) is 0 Å². The number of hydrogen-bond donors (Lipinski definition) is 2. The van der Waals surface area contributed by atoms with Crippen LogP contribution in [0.3, 0.4) is 0 Å². The highest BCUT2D eigenvalue weighted by Crippen LogP contribution is 2.15. The quantitative estimate of drug-likeness (QED) is 0.480. The van der Waals surface area contributed by atoms with E-state index in [4.69, 9.17) is 0 Å². The van der Waals surface area contributed by atoms with Crippen molar-refractivity contribution in [1.82, 2.24) is 5.43 Å². The van der Waals surface area contributed by atoms with Crippen molar-refractivity contribution < 1.29 is 9.59 Å². The Kier molecular flexibility index (Phi) is 6.46. The van der Waals surface area contributed by atoms with Crippen molar-refractivity contribution in [2.45, 2.75) is 33.1 Å². The van der Waals surface area contributed by atoms with Crippen LogP contribution in [0, 0.1) is 6.92 Å². The van der Waals surface area contributed by atoms with Crippen LogP contribution < -0.4 is 10.7 Å². The van der Waals surface area contributed by atoms with Gasteiger partial charge in [-0.15, -0.1) is 0 Å². The van der Waals surface area contributed by atoms with E-state index in [1.54, 1.807) is 12.3 Å². The van der Waals surface area contributed by atoms with Crippen LogP contribution in [-0.4, -0.2) is 18.0 Å². The molecule has 0 atom stereocenters. The summed E-state index contributed by atoms with van der Waals surface area (Å²) in [6.07, 6.45) is 1.29. The fourth-order valence-electron chi connectivity index (χ4n) is 2.27. The summed E-state index contributed by atoms with van der Waals surface area (Å²) < 4.78 is 0. The number of nitrogens with one attached hydrogen (secondary N) is 2. The highest BCUT2D eigenvalue weighted by molar-refractivity contribution is 6.04. The van der Waals surface area contributed by atoms with Crippen LogP contribution in [0.15, 0.2) is 53.6 Å². The minimum absolute atomic E-state index is 0.280. The fourth-order valence-corrected chi connectivity index (χ4v) is 2.27. The van der Waals surface area contributed by atoms with Crippen molar-refractivity contribution in [3.05, 3.63) is 65.2 Å². The number of para-hydroxylation sites is 1. The number of benzene rings is 2. The molecule has 25 heavy (non-hydrogen) atoms. The predicted molar refractivity (Wildman–Crippen MR) is 101 cm³/mol. The van der Waals surface area contributed by atoms with E-state index in [9.17, 15) is 9.59 Å². The molecule has 0 aliphatic heterocycles. The highest BCUT2D eigenvalue weighted by atomic mass is 16.2. The van der Waals surface area contributed by atoms with Crippen molar-refractivity contribution in [3.63, 3.8) is 0 Å². The normalized spacial score (nSPS) is 10.9. The van der Waals surface area contributed by atoms with Gasteiger partial charge in [-0.1, -0.05) is 50.2 Å². The molecule has 0 spiro atoms. The second-order valence-corrected chi connectivity index (χ2v) is 6.16. The molecule has 0 saturated heterocycles. The SMILES string of the molecule is Cc1ccccc1NC(=O)CC(=O)N/N=C/c1cccc(C(C)C)c1. The van der Waals surface area contributed by atoms with Gasteiger partial charge < -0.3 is 5.32 Å². The summed E-state index contributed by atoms with van der Waals surface area (Å²) in [5.74, 6) is -0.403. The van der Waals surface area contributed by atoms with Crippen LogP contribution in [0.4, 0.5) is 5.69 Å². The third-order valence-corrected chi connectivity index (χ3v) is 3.72. The first-order valence-electron chi connectivity index (χ1n) is 8.23. The number of amides is 2. The minimum Gasteiger partial charge on any atom is -0.325 e. The average Bonchev–Trinajstić information content (AvgIpc) is 2.57. The van der Waals surface area contributed by atoms with Gasteiger partial charge >= 0.3 is 0 Å². The van der Waals surface area contributed by atoms with Gasteiger partial charge in [0.05, 0.1) is 6.21 Å².